The molecule has 0 saturated carbocycles. The van der Waals surface area contributed by atoms with Crippen LogP contribution in [0, 0.1) is 0 Å². The van der Waals surface area contributed by atoms with Crippen molar-refractivity contribution in [1.29, 1.82) is 0 Å². The Bertz CT molecular complexity index is 32.5. The fourth-order valence-corrected chi connectivity index (χ4v) is 0.433. The van der Waals surface area contributed by atoms with Crippen LogP contribution in [-0.4, -0.2) is 14.8 Å². The summed E-state index contributed by atoms with van der Waals surface area (Å²) >= 11 is 0. The fourth-order valence-electron chi connectivity index (χ4n) is 0.144. The molecule has 0 bridgehead atoms. The zero-order valence-corrected chi connectivity index (χ0v) is 3.49. The summed E-state index contributed by atoms with van der Waals surface area (Å²) < 4.78 is 0. The van der Waals surface area contributed by atoms with Gasteiger partial charge in [-0.15, -0.1) is 5.67 Å². The van der Waals surface area contributed by atoms with Gasteiger partial charge in [-0.2, -0.15) is 0 Å². The van der Waals surface area contributed by atoms with Crippen molar-refractivity contribution in [2.75, 3.05) is 0 Å². The van der Waals surface area contributed by atoms with Gasteiger partial charge >= 0.3 is 0 Å². The molecule has 0 atom stereocenters. The van der Waals surface area contributed by atoms with E-state index in [1.165, 1.54) is 21.6 Å². The Hall–Kier alpha value is 0.0869. The summed E-state index contributed by atoms with van der Waals surface area (Å²) in [6.07, 6.45) is 1.39. The van der Waals surface area contributed by atoms with Gasteiger partial charge in [-0.05, 0) is 12.5 Å². The van der Waals surface area contributed by atoms with Gasteiger partial charge in [0.1, 0.15) is 0 Å². The Balaban J connectivity index is 2.47. The lowest BCUT2D eigenvalue weighted by molar-refractivity contribution is 1.29. The minimum absolute atomic E-state index is 1.20. The highest BCUT2D eigenvalue weighted by atomic mass is 28.2. The molecule has 0 saturated heterocycles. The highest BCUT2D eigenvalue weighted by Gasteiger charge is 1.82. The summed E-state index contributed by atoms with van der Waals surface area (Å²) in [6, 6.07) is 1.47. The molecule has 0 aromatic rings. The minimum Gasteiger partial charge on any atom is -0.103 e. The molecule has 1 heterocycles. The average molecular weight is 69.2 g/mol. The van der Waals surface area contributed by atoms with Gasteiger partial charge in [0.25, 0.3) is 0 Å². The zero-order chi connectivity index (χ0) is 2.83. The largest absolute Gasteiger partial charge is 0.103 e. The van der Waals surface area contributed by atoms with Crippen molar-refractivity contribution in [3.8, 4) is 0 Å². The maximum absolute atomic E-state index is 2.33. The Labute approximate surface area is 28.3 Å². The highest BCUT2D eigenvalue weighted by Crippen LogP contribution is 1.86. The van der Waals surface area contributed by atoms with Crippen LogP contribution in [0.15, 0.2) is 0 Å². The molecule has 0 N–H and O–H groups in total. The van der Waals surface area contributed by atoms with Gasteiger partial charge < -0.3 is 0 Å². The van der Waals surface area contributed by atoms with Gasteiger partial charge in [-0.3, -0.25) is 0 Å². The van der Waals surface area contributed by atoms with E-state index in [2.05, 4.69) is 5.67 Å². The molecule has 0 aromatic carbocycles. The molecule has 1 rings (SSSR count). The fraction of sp³-hybridized carbons (Fsp3) is 0.667. The van der Waals surface area contributed by atoms with Crippen molar-refractivity contribution in [3.63, 3.8) is 0 Å². The van der Waals surface area contributed by atoms with E-state index < -0.39 is 0 Å². The van der Waals surface area contributed by atoms with Gasteiger partial charge in [0.05, 0.1) is 0 Å². The predicted molar refractivity (Wildman–Crippen MR) is 21.2 cm³/mol. The molecule has 0 aromatic heterocycles. The summed E-state index contributed by atoms with van der Waals surface area (Å²) in [4.78, 5) is 0. The molecule has 0 aliphatic carbocycles. The van der Waals surface area contributed by atoms with E-state index in [1.807, 2.05) is 0 Å². The Morgan fingerprint density at radius 1 is 1.75 bits per heavy atom. The molecule has 0 fully saturated rings. The van der Waals surface area contributed by atoms with E-state index in [-0.39, 0.29) is 0 Å². The molecule has 0 nitrogen and oxygen atoms in total. The van der Waals surface area contributed by atoms with Crippen LogP contribution in [0.2, 0.25) is 6.04 Å². The summed E-state index contributed by atoms with van der Waals surface area (Å²) in [5, 5.41) is 0. The molecule has 0 unspecified atom stereocenters. The second-order valence-electron chi connectivity index (χ2n) is 0.947. The van der Waals surface area contributed by atoms with E-state index in [1.54, 1.807) is 0 Å². The van der Waals surface area contributed by atoms with Crippen molar-refractivity contribution in [2.24, 2.45) is 0 Å². The van der Waals surface area contributed by atoms with Crippen LogP contribution in [0.1, 0.15) is 6.42 Å². The van der Waals surface area contributed by atoms with E-state index in [4.69, 9.17) is 0 Å². The first-order valence-corrected chi connectivity index (χ1v) is 2.83. The molecule has 21 valence electrons. The molecule has 1 heteroatoms. The van der Waals surface area contributed by atoms with Gasteiger partial charge in [-0.25, -0.2) is 0 Å². The molecular weight excluding hydrogens is 64.1 g/mol. The van der Waals surface area contributed by atoms with Gasteiger partial charge in [0, 0.05) is 9.13 Å². The second kappa shape index (κ2) is 0.805. The first kappa shape index (κ1) is 2.33. The maximum atomic E-state index is 2.33. The minimum atomic E-state index is 1.20. The molecule has 0 spiro atoms. The Kier molecular flexibility index (Phi) is 0.469. The van der Waals surface area contributed by atoms with Crippen LogP contribution in [0.5, 0.6) is 0 Å². The summed E-state index contributed by atoms with van der Waals surface area (Å²) in [7, 11) is 1.20. The molecule has 1 radical (unpaired) electrons. The topological polar surface area (TPSA) is 0 Å². The van der Waals surface area contributed by atoms with Crippen molar-refractivity contribution < 1.29 is 0 Å². The van der Waals surface area contributed by atoms with Crippen molar-refractivity contribution in [1.82, 2.24) is 0 Å². The molecule has 1 aliphatic rings. The van der Waals surface area contributed by atoms with Gasteiger partial charge in [0.15, 0.2) is 0 Å². The number of rotatable bonds is 0. The number of hydrogen-bond acceptors (Lipinski definition) is 0. The lowest BCUT2D eigenvalue weighted by Gasteiger charge is -1.91. The van der Waals surface area contributed by atoms with E-state index in [0.717, 1.165) is 0 Å². The van der Waals surface area contributed by atoms with Gasteiger partial charge in [0.2, 0.25) is 0 Å². The monoisotopic (exact) mass is 69.0 g/mol. The van der Waals surface area contributed by atoms with Crippen LogP contribution in [0.3, 0.4) is 0 Å². The molecule has 4 heavy (non-hydrogen) atoms. The highest BCUT2D eigenvalue weighted by molar-refractivity contribution is 6.52. The van der Waals surface area contributed by atoms with Crippen molar-refractivity contribution in [3.05, 3.63) is 0 Å². The first-order chi connectivity index (χ1) is 2.00. The standard InChI is InChI=1S/C3H5Si/c1-2-4-3-1/h2H,1,3H2. The average Bonchev–Trinajstić information content (AvgIpc) is 0.722. The predicted octanol–water partition coefficient (Wildman–Crippen LogP) is 0.315. The lowest BCUT2D eigenvalue weighted by Crippen LogP contribution is -1.93. The van der Waals surface area contributed by atoms with Crippen LogP contribution in [0.25, 0.3) is 0 Å². The quantitative estimate of drug-likeness (QED) is 0.359. The third kappa shape index (κ3) is 0.148. The molecule has 1 aliphatic heterocycles. The maximum Gasteiger partial charge on any atom is 0.0150 e. The first-order valence-electron chi connectivity index (χ1n) is 1.55. The molecular formula is C3H5Si. The van der Waals surface area contributed by atoms with E-state index >= 15 is 0 Å². The summed E-state index contributed by atoms with van der Waals surface area (Å²) in [6.45, 7) is 0. The Morgan fingerprint density at radius 3 is 2.00 bits per heavy atom. The normalized spacial score (nSPS) is 20.0. The van der Waals surface area contributed by atoms with E-state index in [0.29, 0.717) is 0 Å². The third-order valence-electron chi connectivity index (χ3n) is 0.577. The second-order valence-corrected chi connectivity index (χ2v) is 2.26. The van der Waals surface area contributed by atoms with E-state index in [9.17, 15) is 0 Å². The van der Waals surface area contributed by atoms with Crippen LogP contribution >= 0.6 is 0 Å². The van der Waals surface area contributed by atoms with Crippen LogP contribution in [0.4, 0.5) is 0 Å². The smallest absolute Gasteiger partial charge is 0.0150 e. The molecule has 0 amide bonds. The van der Waals surface area contributed by atoms with Crippen LogP contribution in [-0.2, 0) is 0 Å². The van der Waals surface area contributed by atoms with Crippen molar-refractivity contribution in [2.45, 2.75) is 12.5 Å². The number of hydrogen-bond donors (Lipinski definition) is 0. The lowest BCUT2D eigenvalue weighted by atomic mass is 10.6. The zero-order valence-electron chi connectivity index (χ0n) is 2.49. The Morgan fingerprint density at radius 2 is 2.00 bits per heavy atom. The SMILES string of the molecule is C1=[Si]CC1. The third-order valence-corrected chi connectivity index (χ3v) is 1.73. The van der Waals surface area contributed by atoms with Gasteiger partial charge in [-0.1, -0.05) is 0 Å². The van der Waals surface area contributed by atoms with Crippen LogP contribution < -0.4 is 0 Å². The summed E-state index contributed by atoms with van der Waals surface area (Å²) in [5.41, 5.74) is 2.33. The van der Waals surface area contributed by atoms with Crippen molar-refractivity contribution >= 4 is 14.8 Å². The summed E-state index contributed by atoms with van der Waals surface area (Å²) in [5.74, 6) is 0.